The Morgan fingerprint density at radius 1 is 1.00 bits per heavy atom. The minimum Gasteiger partial charge on any atom is -0.508 e. The molecule has 2 saturated heterocycles. The topological polar surface area (TPSA) is 40.5 Å². The number of hydrogen-bond acceptors (Lipinski definition) is 3. The van der Waals surface area contributed by atoms with E-state index in [-0.39, 0.29) is 17.7 Å². The number of carbonyl (C=O) groups is 1. The van der Waals surface area contributed by atoms with Crippen LogP contribution in [0.5, 0.6) is 5.75 Å². The van der Waals surface area contributed by atoms with Crippen molar-refractivity contribution in [2.75, 3.05) is 6.54 Å². The molecular formula is C21H23NO2. The Hall–Kier alpha value is -2.13. The third-order valence-electron chi connectivity index (χ3n) is 5.60. The molecule has 24 heavy (non-hydrogen) atoms. The number of Topliss-reactive ketones (excluding diaryl/α,β-unsaturated/α-hetero) is 1. The Bertz CT molecular complexity index is 710. The van der Waals surface area contributed by atoms with Crippen LogP contribution in [0.3, 0.4) is 0 Å². The van der Waals surface area contributed by atoms with Crippen molar-refractivity contribution in [1.82, 2.24) is 4.90 Å². The Morgan fingerprint density at radius 3 is 2.46 bits per heavy atom. The van der Waals surface area contributed by atoms with E-state index in [1.54, 1.807) is 12.1 Å². The van der Waals surface area contributed by atoms with Crippen molar-refractivity contribution in [3.05, 3.63) is 65.7 Å². The van der Waals surface area contributed by atoms with Gasteiger partial charge in [0, 0.05) is 31.0 Å². The first-order valence-electron chi connectivity index (χ1n) is 8.83. The second-order valence-corrected chi connectivity index (χ2v) is 7.02. The van der Waals surface area contributed by atoms with Gasteiger partial charge < -0.3 is 5.11 Å². The molecule has 0 aromatic heterocycles. The number of rotatable bonds is 4. The van der Waals surface area contributed by atoms with Crippen molar-refractivity contribution in [3.8, 4) is 5.75 Å². The lowest BCUT2D eigenvalue weighted by atomic mass is 9.71. The number of piperidine rings is 2. The molecule has 1 saturated carbocycles. The summed E-state index contributed by atoms with van der Waals surface area (Å²) in [6, 6.07) is 18.5. The van der Waals surface area contributed by atoms with E-state index in [1.807, 2.05) is 18.2 Å². The van der Waals surface area contributed by atoms with Crippen molar-refractivity contribution >= 4 is 5.78 Å². The van der Waals surface area contributed by atoms with Crippen LogP contribution in [0.1, 0.15) is 36.4 Å². The normalized spacial score (nSPS) is 26.7. The third kappa shape index (κ3) is 2.84. The van der Waals surface area contributed by atoms with Crippen LogP contribution in [0.15, 0.2) is 54.6 Å². The minimum absolute atomic E-state index is 0.107. The number of aromatic hydroxyl groups is 1. The predicted octanol–water partition coefficient (Wildman–Crippen LogP) is 3.73. The fraction of sp³-hybridized carbons (Fsp3) is 0.381. The summed E-state index contributed by atoms with van der Waals surface area (Å²) in [7, 11) is 0. The number of fused-ring (bicyclic) bond motifs is 3. The zero-order chi connectivity index (χ0) is 16.5. The van der Waals surface area contributed by atoms with E-state index >= 15 is 0 Å². The average molecular weight is 321 g/mol. The maximum atomic E-state index is 12.5. The zero-order valence-electron chi connectivity index (χ0n) is 13.8. The number of carbonyl (C=O) groups excluding carboxylic acids is 1. The second-order valence-electron chi connectivity index (χ2n) is 7.02. The van der Waals surface area contributed by atoms with E-state index in [9.17, 15) is 9.90 Å². The van der Waals surface area contributed by atoms with Gasteiger partial charge in [-0.25, -0.2) is 0 Å². The maximum absolute atomic E-state index is 12.5. The Kier molecular flexibility index (Phi) is 4.11. The van der Waals surface area contributed by atoms with Crippen molar-refractivity contribution in [3.63, 3.8) is 0 Å². The quantitative estimate of drug-likeness (QED) is 0.933. The highest BCUT2D eigenvalue weighted by atomic mass is 16.3. The Balaban J connectivity index is 1.59. The first kappa shape index (κ1) is 15.4. The highest BCUT2D eigenvalue weighted by molar-refractivity contribution is 5.84. The highest BCUT2D eigenvalue weighted by Crippen LogP contribution is 2.45. The molecule has 2 aliphatic heterocycles. The monoisotopic (exact) mass is 321 g/mol. The maximum Gasteiger partial charge on any atom is 0.139 e. The van der Waals surface area contributed by atoms with Crippen LogP contribution < -0.4 is 0 Å². The van der Waals surface area contributed by atoms with Crippen LogP contribution in [0, 0.1) is 5.92 Å². The SMILES string of the molecule is O=C1CC2CCC1C(c1ccc(O)cc1)N2CCc1ccccc1. The fourth-order valence-corrected chi connectivity index (χ4v) is 4.41. The predicted molar refractivity (Wildman–Crippen MR) is 93.8 cm³/mol. The summed E-state index contributed by atoms with van der Waals surface area (Å²) in [5.74, 6) is 0.803. The fourth-order valence-electron chi connectivity index (χ4n) is 4.41. The second kappa shape index (κ2) is 6.40. The van der Waals surface area contributed by atoms with Gasteiger partial charge in [-0.2, -0.15) is 0 Å². The summed E-state index contributed by atoms with van der Waals surface area (Å²) in [5, 5.41) is 9.58. The minimum atomic E-state index is 0.107. The standard InChI is InChI=1S/C21H23NO2/c23-18-9-6-16(7-10-18)21-19-11-8-17(14-20(19)24)22(21)13-12-15-4-2-1-3-5-15/h1-7,9-10,17,19,21,23H,8,11-14H2. The van der Waals surface area contributed by atoms with Gasteiger partial charge in [0.2, 0.25) is 0 Å². The average Bonchev–Trinajstić information content (AvgIpc) is 2.62. The molecule has 3 nitrogen and oxygen atoms in total. The van der Waals surface area contributed by atoms with E-state index in [0.717, 1.165) is 31.4 Å². The number of phenolic OH excluding ortho intramolecular Hbond substituents is 1. The van der Waals surface area contributed by atoms with Gasteiger partial charge >= 0.3 is 0 Å². The van der Waals surface area contributed by atoms with Gasteiger partial charge in [-0.15, -0.1) is 0 Å². The summed E-state index contributed by atoms with van der Waals surface area (Å²) in [6.45, 7) is 0.976. The number of phenols is 1. The van der Waals surface area contributed by atoms with Gasteiger partial charge in [0.15, 0.2) is 0 Å². The summed E-state index contributed by atoms with van der Waals surface area (Å²) in [4.78, 5) is 15.0. The smallest absolute Gasteiger partial charge is 0.139 e. The molecule has 0 amide bonds. The molecule has 1 N–H and O–H groups in total. The molecule has 124 valence electrons. The van der Waals surface area contributed by atoms with Gasteiger partial charge in [-0.05, 0) is 42.5 Å². The van der Waals surface area contributed by atoms with Crippen LogP contribution >= 0.6 is 0 Å². The summed E-state index contributed by atoms with van der Waals surface area (Å²) in [5.41, 5.74) is 2.50. The lowest BCUT2D eigenvalue weighted by molar-refractivity contribution is -0.138. The zero-order valence-corrected chi connectivity index (χ0v) is 13.8. The first-order chi connectivity index (χ1) is 11.7. The number of benzene rings is 2. The van der Waals surface area contributed by atoms with E-state index in [4.69, 9.17) is 0 Å². The number of hydrogen-bond donors (Lipinski definition) is 1. The van der Waals surface area contributed by atoms with Gasteiger partial charge in [0.05, 0.1) is 0 Å². The largest absolute Gasteiger partial charge is 0.508 e. The highest BCUT2D eigenvalue weighted by Gasteiger charge is 2.46. The van der Waals surface area contributed by atoms with E-state index in [2.05, 4.69) is 29.2 Å². The Morgan fingerprint density at radius 2 is 1.75 bits per heavy atom. The van der Waals surface area contributed by atoms with E-state index < -0.39 is 0 Å². The molecule has 0 spiro atoms. The molecule has 3 fully saturated rings. The molecule has 0 radical (unpaired) electrons. The van der Waals surface area contributed by atoms with Crippen LogP contribution in [0.4, 0.5) is 0 Å². The Labute approximate surface area is 142 Å². The number of nitrogens with zero attached hydrogens (tertiary/aromatic N) is 1. The van der Waals surface area contributed by atoms with Crippen LogP contribution in [-0.2, 0) is 11.2 Å². The van der Waals surface area contributed by atoms with Gasteiger partial charge in [0.1, 0.15) is 11.5 Å². The van der Waals surface area contributed by atoms with E-state index in [1.165, 1.54) is 5.56 Å². The van der Waals surface area contributed by atoms with Gasteiger partial charge in [0.25, 0.3) is 0 Å². The molecule has 2 heterocycles. The lowest BCUT2D eigenvalue weighted by Gasteiger charge is -2.51. The summed E-state index contributed by atoms with van der Waals surface area (Å²) >= 11 is 0. The third-order valence-corrected chi connectivity index (χ3v) is 5.60. The molecule has 3 heteroatoms. The van der Waals surface area contributed by atoms with Crippen molar-refractivity contribution < 1.29 is 9.90 Å². The summed E-state index contributed by atoms with van der Waals surface area (Å²) < 4.78 is 0. The van der Waals surface area contributed by atoms with Crippen LogP contribution in [0.2, 0.25) is 0 Å². The molecule has 3 unspecified atom stereocenters. The van der Waals surface area contributed by atoms with Crippen molar-refractivity contribution in [1.29, 1.82) is 0 Å². The molecular weight excluding hydrogens is 298 g/mol. The molecule has 2 bridgehead atoms. The first-order valence-corrected chi connectivity index (χ1v) is 8.83. The molecule has 1 aliphatic carbocycles. The molecule has 3 aliphatic rings. The molecule has 3 atom stereocenters. The van der Waals surface area contributed by atoms with Crippen LogP contribution in [0.25, 0.3) is 0 Å². The molecule has 2 aromatic carbocycles. The molecule has 2 aromatic rings. The lowest BCUT2D eigenvalue weighted by Crippen LogP contribution is -2.54. The van der Waals surface area contributed by atoms with Gasteiger partial charge in [-0.1, -0.05) is 42.5 Å². The van der Waals surface area contributed by atoms with Gasteiger partial charge in [-0.3, -0.25) is 9.69 Å². The molecule has 5 rings (SSSR count). The van der Waals surface area contributed by atoms with E-state index in [0.29, 0.717) is 18.2 Å². The number of ketones is 1. The summed E-state index contributed by atoms with van der Waals surface area (Å²) in [6.07, 6.45) is 3.83. The van der Waals surface area contributed by atoms with Crippen molar-refractivity contribution in [2.45, 2.75) is 37.8 Å². The van der Waals surface area contributed by atoms with Crippen LogP contribution in [-0.4, -0.2) is 28.4 Å². The van der Waals surface area contributed by atoms with Crippen molar-refractivity contribution in [2.24, 2.45) is 5.92 Å².